The molecule has 3 rings (SSSR count). The zero-order valence-corrected chi connectivity index (χ0v) is 13.2. The van der Waals surface area contributed by atoms with Crippen LogP contribution in [0.3, 0.4) is 0 Å². The molecule has 0 radical (unpaired) electrons. The first-order valence-electron chi connectivity index (χ1n) is 7.41. The van der Waals surface area contributed by atoms with Crippen LogP contribution < -0.4 is 10.6 Å². The van der Waals surface area contributed by atoms with Crippen molar-refractivity contribution in [3.05, 3.63) is 29.6 Å². The van der Waals surface area contributed by atoms with Crippen LogP contribution in [0.15, 0.2) is 18.2 Å². The minimum atomic E-state index is -2.99. The molecular weight excluding hydrogens is 323 g/mol. The number of anilines is 1. The minimum absolute atomic E-state index is 0.00652. The summed E-state index contributed by atoms with van der Waals surface area (Å²) in [6, 6.07) is 3.94. The first-order chi connectivity index (χ1) is 10.8. The summed E-state index contributed by atoms with van der Waals surface area (Å²) >= 11 is 0. The molecule has 2 amide bonds. The van der Waals surface area contributed by atoms with Gasteiger partial charge in [-0.25, -0.2) is 12.8 Å². The highest BCUT2D eigenvalue weighted by molar-refractivity contribution is 7.91. The van der Waals surface area contributed by atoms with Crippen LogP contribution in [0.5, 0.6) is 0 Å². The van der Waals surface area contributed by atoms with Crippen molar-refractivity contribution in [2.45, 2.75) is 18.8 Å². The van der Waals surface area contributed by atoms with Gasteiger partial charge in [0.05, 0.1) is 17.4 Å². The highest BCUT2D eigenvalue weighted by Crippen LogP contribution is 2.33. The predicted molar refractivity (Wildman–Crippen MR) is 82.2 cm³/mol. The van der Waals surface area contributed by atoms with E-state index in [2.05, 4.69) is 10.6 Å². The van der Waals surface area contributed by atoms with Gasteiger partial charge in [0.15, 0.2) is 9.84 Å². The molecule has 0 aromatic heterocycles. The van der Waals surface area contributed by atoms with Crippen molar-refractivity contribution in [1.29, 1.82) is 0 Å². The Morgan fingerprint density at radius 3 is 2.87 bits per heavy atom. The fourth-order valence-electron chi connectivity index (χ4n) is 3.07. The van der Waals surface area contributed by atoms with Gasteiger partial charge in [-0.3, -0.25) is 9.59 Å². The van der Waals surface area contributed by atoms with Gasteiger partial charge in [0, 0.05) is 18.7 Å². The third-order valence-corrected chi connectivity index (χ3v) is 6.10. The fraction of sp³-hybridized carbons (Fsp3) is 0.467. The van der Waals surface area contributed by atoms with Crippen LogP contribution in [0.2, 0.25) is 0 Å². The van der Waals surface area contributed by atoms with E-state index in [0.717, 1.165) is 0 Å². The summed E-state index contributed by atoms with van der Waals surface area (Å²) in [5.41, 5.74) is 0.882. The van der Waals surface area contributed by atoms with Gasteiger partial charge >= 0.3 is 0 Å². The Bertz CT molecular complexity index is 763. The molecule has 6 nitrogen and oxygen atoms in total. The zero-order chi connectivity index (χ0) is 16.6. The Balaban J connectivity index is 1.69. The number of hydrogen-bond acceptors (Lipinski definition) is 4. The van der Waals surface area contributed by atoms with E-state index in [0.29, 0.717) is 17.7 Å². The lowest BCUT2D eigenvalue weighted by Gasteiger charge is -2.25. The third kappa shape index (κ3) is 3.52. The standard InChI is InChI=1S/C15H17FN2O4S/c16-10-1-2-11-12(6-14(19)18-13(11)5-10)15(20)17-7-9-3-4-23(21,22)8-9/h1-2,5,9,12H,3-4,6-8H2,(H,17,20)(H,18,19)/t9-,12-/m1/s1. The number of benzene rings is 1. The quantitative estimate of drug-likeness (QED) is 0.851. The number of fused-ring (bicyclic) bond motifs is 1. The number of carbonyl (C=O) groups is 2. The van der Waals surface area contributed by atoms with Gasteiger partial charge in [0.25, 0.3) is 0 Å². The SMILES string of the molecule is O=C1C[C@@H](C(=O)NC[C@H]2CCS(=O)(=O)C2)c2ccc(F)cc2N1. The monoisotopic (exact) mass is 340 g/mol. The summed E-state index contributed by atoms with van der Waals surface area (Å²) in [6.07, 6.45) is 0.531. The molecule has 0 spiro atoms. The second-order valence-electron chi connectivity index (χ2n) is 6.05. The first-order valence-corrected chi connectivity index (χ1v) is 9.23. The molecule has 1 saturated heterocycles. The van der Waals surface area contributed by atoms with Crippen molar-refractivity contribution < 1.29 is 22.4 Å². The van der Waals surface area contributed by atoms with E-state index in [9.17, 15) is 22.4 Å². The Hall–Kier alpha value is -1.96. The lowest BCUT2D eigenvalue weighted by molar-refractivity contribution is -0.126. The Morgan fingerprint density at radius 2 is 2.17 bits per heavy atom. The molecule has 1 fully saturated rings. The number of carbonyl (C=O) groups excluding carboxylic acids is 2. The molecule has 0 bridgehead atoms. The normalized spacial score (nSPS) is 25.5. The number of halogens is 1. The molecule has 2 atom stereocenters. The Labute approximate surface area is 133 Å². The second-order valence-corrected chi connectivity index (χ2v) is 8.28. The predicted octanol–water partition coefficient (Wildman–Crippen LogP) is 0.802. The number of amides is 2. The van der Waals surface area contributed by atoms with Crippen molar-refractivity contribution in [2.75, 3.05) is 23.4 Å². The lowest BCUT2D eigenvalue weighted by atomic mass is 9.89. The zero-order valence-electron chi connectivity index (χ0n) is 12.3. The summed E-state index contributed by atoms with van der Waals surface area (Å²) < 4.78 is 36.1. The van der Waals surface area contributed by atoms with E-state index in [1.54, 1.807) is 0 Å². The van der Waals surface area contributed by atoms with Crippen LogP contribution in [0.1, 0.15) is 24.3 Å². The average molecular weight is 340 g/mol. The molecule has 0 saturated carbocycles. The van der Waals surface area contributed by atoms with Crippen LogP contribution >= 0.6 is 0 Å². The molecule has 8 heteroatoms. The Kier molecular flexibility index (Phi) is 4.09. The molecule has 2 N–H and O–H groups in total. The summed E-state index contributed by atoms with van der Waals surface area (Å²) in [4.78, 5) is 24.1. The molecule has 23 heavy (non-hydrogen) atoms. The maximum atomic E-state index is 13.3. The van der Waals surface area contributed by atoms with Crippen molar-refractivity contribution in [3.63, 3.8) is 0 Å². The maximum Gasteiger partial charge on any atom is 0.228 e. The van der Waals surface area contributed by atoms with E-state index in [-0.39, 0.29) is 42.2 Å². The van der Waals surface area contributed by atoms with Crippen molar-refractivity contribution in [2.24, 2.45) is 5.92 Å². The van der Waals surface area contributed by atoms with Gasteiger partial charge in [0.1, 0.15) is 5.82 Å². The van der Waals surface area contributed by atoms with E-state index < -0.39 is 21.6 Å². The highest BCUT2D eigenvalue weighted by atomic mass is 32.2. The molecule has 1 aromatic rings. The summed E-state index contributed by atoms with van der Waals surface area (Å²) in [5, 5.41) is 5.29. The van der Waals surface area contributed by atoms with E-state index in [1.807, 2.05) is 0 Å². The van der Waals surface area contributed by atoms with Gasteiger partial charge in [-0.1, -0.05) is 6.07 Å². The molecule has 2 heterocycles. The molecule has 2 aliphatic rings. The summed E-state index contributed by atoms with van der Waals surface area (Å²) in [6.45, 7) is 0.271. The lowest BCUT2D eigenvalue weighted by Crippen LogP contribution is -2.37. The number of nitrogens with one attached hydrogen (secondary N) is 2. The number of sulfone groups is 1. The minimum Gasteiger partial charge on any atom is -0.355 e. The fourth-order valence-corrected chi connectivity index (χ4v) is 4.93. The summed E-state index contributed by atoms with van der Waals surface area (Å²) in [7, 11) is -2.99. The maximum absolute atomic E-state index is 13.3. The average Bonchev–Trinajstić information content (AvgIpc) is 2.82. The van der Waals surface area contributed by atoms with Gasteiger partial charge in [-0.2, -0.15) is 0 Å². The van der Waals surface area contributed by atoms with Crippen molar-refractivity contribution in [3.8, 4) is 0 Å². The third-order valence-electron chi connectivity index (χ3n) is 4.26. The van der Waals surface area contributed by atoms with Gasteiger partial charge in [0.2, 0.25) is 11.8 Å². The van der Waals surface area contributed by atoms with Crippen molar-refractivity contribution in [1.82, 2.24) is 5.32 Å². The van der Waals surface area contributed by atoms with Crippen LogP contribution in [0.25, 0.3) is 0 Å². The van der Waals surface area contributed by atoms with Gasteiger partial charge in [-0.05, 0) is 30.0 Å². The molecule has 1 aromatic carbocycles. The molecule has 124 valence electrons. The van der Waals surface area contributed by atoms with Crippen molar-refractivity contribution >= 4 is 27.3 Å². The van der Waals surface area contributed by atoms with Gasteiger partial charge in [-0.15, -0.1) is 0 Å². The molecule has 2 aliphatic heterocycles. The topological polar surface area (TPSA) is 92.3 Å². The van der Waals surface area contributed by atoms with E-state index in [4.69, 9.17) is 0 Å². The van der Waals surface area contributed by atoms with E-state index in [1.165, 1.54) is 18.2 Å². The van der Waals surface area contributed by atoms with Crippen LogP contribution in [0, 0.1) is 11.7 Å². The highest BCUT2D eigenvalue weighted by Gasteiger charge is 2.32. The summed E-state index contributed by atoms with van der Waals surface area (Å²) in [5.74, 6) is -1.70. The van der Waals surface area contributed by atoms with Crippen LogP contribution in [-0.4, -0.2) is 38.3 Å². The largest absolute Gasteiger partial charge is 0.355 e. The Morgan fingerprint density at radius 1 is 1.39 bits per heavy atom. The van der Waals surface area contributed by atoms with Crippen LogP contribution in [0.4, 0.5) is 10.1 Å². The first kappa shape index (κ1) is 15.9. The molecule has 0 aliphatic carbocycles. The number of rotatable bonds is 3. The second kappa shape index (κ2) is 5.92. The molecular formula is C15H17FN2O4S. The molecule has 0 unspecified atom stereocenters. The van der Waals surface area contributed by atoms with E-state index >= 15 is 0 Å². The smallest absolute Gasteiger partial charge is 0.228 e. The number of hydrogen-bond donors (Lipinski definition) is 2. The van der Waals surface area contributed by atoms with Crippen LogP contribution in [-0.2, 0) is 19.4 Å². The van der Waals surface area contributed by atoms with Gasteiger partial charge < -0.3 is 10.6 Å².